The van der Waals surface area contributed by atoms with E-state index in [0.717, 1.165) is 6.42 Å². The number of anilines is 1. The van der Waals surface area contributed by atoms with Gasteiger partial charge in [0.25, 0.3) is 11.8 Å². The highest BCUT2D eigenvalue weighted by Gasteiger charge is 2.44. The molecule has 0 unspecified atom stereocenters. The highest BCUT2D eigenvalue weighted by molar-refractivity contribution is 6.22. The van der Waals surface area contributed by atoms with E-state index in [9.17, 15) is 14.4 Å². The summed E-state index contributed by atoms with van der Waals surface area (Å²) in [4.78, 5) is 41.2. The van der Waals surface area contributed by atoms with Crippen LogP contribution in [-0.2, 0) is 9.59 Å². The fraction of sp³-hybridized carbons (Fsp3) is 0.471. The van der Waals surface area contributed by atoms with Gasteiger partial charge in [0.05, 0.1) is 11.3 Å². The van der Waals surface area contributed by atoms with Crippen LogP contribution in [0.4, 0.5) is 5.69 Å². The van der Waals surface area contributed by atoms with E-state index in [-0.39, 0.29) is 23.6 Å². The molecule has 0 radical (unpaired) electrons. The second kappa shape index (κ2) is 5.55. The largest absolute Gasteiger partial charge is 0.327 e. The summed E-state index contributed by atoms with van der Waals surface area (Å²) < 4.78 is 0. The fourth-order valence-electron chi connectivity index (χ4n) is 3.16. The molecule has 0 N–H and O–H groups in total. The molecular weight excluding hydrogens is 280 g/mol. The summed E-state index contributed by atoms with van der Waals surface area (Å²) in [5.74, 6) is -0.881. The second-order valence-corrected chi connectivity index (χ2v) is 5.99. The lowest BCUT2D eigenvalue weighted by molar-refractivity contribution is -0.130. The van der Waals surface area contributed by atoms with Crippen LogP contribution in [0.25, 0.3) is 0 Å². The van der Waals surface area contributed by atoms with Crippen LogP contribution in [0.2, 0.25) is 0 Å². The molecule has 2 atom stereocenters. The van der Waals surface area contributed by atoms with Crippen molar-refractivity contribution in [2.24, 2.45) is 5.92 Å². The van der Waals surface area contributed by atoms with E-state index in [4.69, 9.17) is 0 Å². The Hall–Kier alpha value is -2.17. The van der Waals surface area contributed by atoms with Gasteiger partial charge in [-0.15, -0.1) is 0 Å². The monoisotopic (exact) mass is 300 g/mol. The molecular formula is C17H20N2O3. The molecule has 0 aliphatic carbocycles. The van der Waals surface area contributed by atoms with Crippen molar-refractivity contribution in [1.29, 1.82) is 0 Å². The van der Waals surface area contributed by atoms with Crippen molar-refractivity contribution in [1.82, 2.24) is 4.90 Å². The topological polar surface area (TPSA) is 57.7 Å². The summed E-state index contributed by atoms with van der Waals surface area (Å²) in [6, 6.07) is 6.40. The van der Waals surface area contributed by atoms with Crippen molar-refractivity contribution in [3.63, 3.8) is 0 Å². The fourth-order valence-corrected chi connectivity index (χ4v) is 3.16. The van der Waals surface area contributed by atoms with Gasteiger partial charge < -0.3 is 4.90 Å². The predicted octanol–water partition coefficient (Wildman–Crippen LogP) is 2.21. The number of hydrogen-bond acceptors (Lipinski definition) is 3. The van der Waals surface area contributed by atoms with E-state index in [1.165, 1.54) is 4.90 Å². The Balaban J connectivity index is 2.14. The molecule has 22 heavy (non-hydrogen) atoms. The lowest BCUT2D eigenvalue weighted by Gasteiger charge is -2.26. The maximum atomic E-state index is 12.9. The quantitative estimate of drug-likeness (QED) is 0.841. The third-order valence-electron chi connectivity index (χ3n) is 4.65. The van der Waals surface area contributed by atoms with Crippen LogP contribution in [0, 0.1) is 5.92 Å². The maximum Gasteiger partial charge on any atom is 0.256 e. The molecule has 0 aromatic heterocycles. The van der Waals surface area contributed by atoms with Gasteiger partial charge in [0.2, 0.25) is 5.91 Å². The van der Waals surface area contributed by atoms with Gasteiger partial charge in [-0.25, -0.2) is 4.90 Å². The van der Waals surface area contributed by atoms with Crippen molar-refractivity contribution in [3.05, 3.63) is 29.8 Å². The van der Waals surface area contributed by atoms with Crippen molar-refractivity contribution < 1.29 is 14.4 Å². The molecule has 1 aromatic carbocycles. The molecule has 116 valence electrons. The smallest absolute Gasteiger partial charge is 0.256 e. The van der Waals surface area contributed by atoms with Crippen LogP contribution in [0.15, 0.2) is 24.3 Å². The number of fused-ring (bicyclic) bond motifs is 2. The number of imide groups is 1. The minimum Gasteiger partial charge on any atom is -0.327 e. The Kier molecular flexibility index (Phi) is 3.72. The van der Waals surface area contributed by atoms with E-state index < -0.39 is 6.04 Å². The maximum absolute atomic E-state index is 12.9. The van der Waals surface area contributed by atoms with Gasteiger partial charge in [-0.2, -0.15) is 0 Å². The SMILES string of the molecule is CC[C@H](C)C(=O)N1C(=O)[C@H]2CCCN2C(=O)c2ccccc21. The van der Waals surface area contributed by atoms with Crippen LogP contribution >= 0.6 is 0 Å². The molecule has 0 saturated carbocycles. The molecule has 0 bridgehead atoms. The van der Waals surface area contributed by atoms with Gasteiger partial charge in [-0.3, -0.25) is 14.4 Å². The zero-order valence-corrected chi connectivity index (χ0v) is 12.9. The van der Waals surface area contributed by atoms with Crippen molar-refractivity contribution in [2.75, 3.05) is 11.4 Å². The molecule has 1 saturated heterocycles. The Bertz CT molecular complexity index is 641. The number of para-hydroxylation sites is 1. The van der Waals surface area contributed by atoms with E-state index in [2.05, 4.69) is 0 Å². The van der Waals surface area contributed by atoms with E-state index in [1.54, 1.807) is 29.2 Å². The van der Waals surface area contributed by atoms with E-state index >= 15 is 0 Å². The third-order valence-corrected chi connectivity index (χ3v) is 4.65. The molecule has 1 fully saturated rings. The molecule has 3 rings (SSSR count). The zero-order chi connectivity index (χ0) is 15.9. The number of nitrogens with zero attached hydrogens (tertiary/aromatic N) is 2. The molecule has 5 heteroatoms. The van der Waals surface area contributed by atoms with Crippen LogP contribution in [0.1, 0.15) is 43.5 Å². The lowest BCUT2D eigenvalue weighted by Crippen LogP contribution is -2.48. The van der Waals surface area contributed by atoms with E-state index in [0.29, 0.717) is 30.6 Å². The highest BCUT2D eigenvalue weighted by Crippen LogP contribution is 2.33. The molecule has 5 nitrogen and oxygen atoms in total. The second-order valence-electron chi connectivity index (χ2n) is 5.99. The summed E-state index contributed by atoms with van der Waals surface area (Å²) >= 11 is 0. The van der Waals surface area contributed by atoms with Crippen molar-refractivity contribution >= 4 is 23.4 Å². The van der Waals surface area contributed by atoms with Gasteiger partial charge in [0, 0.05) is 12.5 Å². The molecule has 2 aliphatic rings. The van der Waals surface area contributed by atoms with E-state index in [1.807, 2.05) is 13.8 Å². The first kappa shape index (κ1) is 14.8. The Morgan fingerprint density at radius 3 is 2.77 bits per heavy atom. The summed E-state index contributed by atoms with van der Waals surface area (Å²) in [5, 5.41) is 0. The van der Waals surface area contributed by atoms with Gasteiger partial charge in [0.15, 0.2) is 0 Å². The average Bonchev–Trinajstić information content (AvgIpc) is 3.00. The standard InChI is InChI=1S/C17H20N2O3/c1-3-11(2)15(20)19-13-8-5-4-7-12(13)16(21)18-10-6-9-14(18)17(19)22/h4-5,7-8,11,14H,3,6,9-10H2,1-2H3/t11-,14+/m0/s1. The lowest BCUT2D eigenvalue weighted by atomic mass is 10.0. The molecule has 0 spiro atoms. The van der Waals surface area contributed by atoms with Crippen molar-refractivity contribution in [2.45, 2.75) is 39.2 Å². The Labute approximate surface area is 129 Å². The van der Waals surface area contributed by atoms with Gasteiger partial charge in [-0.1, -0.05) is 26.0 Å². The molecule has 3 amide bonds. The Morgan fingerprint density at radius 1 is 1.32 bits per heavy atom. The van der Waals surface area contributed by atoms with Crippen LogP contribution in [-0.4, -0.2) is 35.2 Å². The van der Waals surface area contributed by atoms with Gasteiger partial charge in [0.1, 0.15) is 6.04 Å². The predicted molar refractivity (Wildman–Crippen MR) is 82.4 cm³/mol. The number of rotatable bonds is 2. The Morgan fingerprint density at radius 2 is 2.05 bits per heavy atom. The summed E-state index contributed by atoms with van der Waals surface area (Å²) in [7, 11) is 0. The zero-order valence-electron chi connectivity index (χ0n) is 12.9. The number of amides is 3. The molecule has 2 aliphatic heterocycles. The number of carbonyl (C=O) groups excluding carboxylic acids is 3. The number of hydrogen-bond donors (Lipinski definition) is 0. The van der Waals surface area contributed by atoms with Gasteiger partial charge >= 0.3 is 0 Å². The van der Waals surface area contributed by atoms with Crippen molar-refractivity contribution in [3.8, 4) is 0 Å². The first-order valence-electron chi connectivity index (χ1n) is 7.84. The molecule has 2 heterocycles. The first-order chi connectivity index (χ1) is 10.6. The number of carbonyl (C=O) groups is 3. The van der Waals surface area contributed by atoms with Crippen LogP contribution < -0.4 is 4.90 Å². The normalized spacial score (nSPS) is 22.2. The summed E-state index contributed by atoms with van der Waals surface area (Å²) in [5.41, 5.74) is 0.870. The third kappa shape index (κ3) is 2.12. The molecule has 1 aromatic rings. The van der Waals surface area contributed by atoms with Gasteiger partial charge in [-0.05, 0) is 31.4 Å². The minimum absolute atomic E-state index is 0.147. The highest BCUT2D eigenvalue weighted by atomic mass is 16.2. The first-order valence-corrected chi connectivity index (χ1v) is 7.84. The summed E-state index contributed by atoms with van der Waals surface area (Å²) in [6.07, 6.45) is 2.09. The number of benzene rings is 1. The average molecular weight is 300 g/mol. The van der Waals surface area contributed by atoms with Crippen LogP contribution in [0.5, 0.6) is 0 Å². The van der Waals surface area contributed by atoms with Crippen LogP contribution in [0.3, 0.4) is 0 Å². The summed E-state index contributed by atoms with van der Waals surface area (Å²) in [6.45, 7) is 4.32. The minimum atomic E-state index is -0.507.